The first-order valence-corrected chi connectivity index (χ1v) is 9.93. The maximum Gasteiger partial charge on any atom is 0.238 e. The fourth-order valence-corrected chi connectivity index (χ4v) is 4.37. The van der Waals surface area contributed by atoms with Gasteiger partial charge in [0, 0.05) is 23.9 Å². The molecule has 2 amide bonds. The highest BCUT2D eigenvalue weighted by Crippen LogP contribution is 2.45. The largest absolute Gasteiger partial charge is 0.454 e. The lowest BCUT2D eigenvalue weighted by Crippen LogP contribution is -2.27. The van der Waals surface area contributed by atoms with Crippen LogP contribution < -0.4 is 19.7 Å². The third-order valence-electron chi connectivity index (χ3n) is 4.43. The van der Waals surface area contributed by atoms with Gasteiger partial charge >= 0.3 is 0 Å². The monoisotopic (exact) mass is 384 g/mol. The number of nitrogens with one attached hydrogen (secondary N) is 1. The van der Waals surface area contributed by atoms with E-state index in [-0.39, 0.29) is 24.0 Å². The van der Waals surface area contributed by atoms with Crippen LogP contribution in [-0.4, -0.2) is 24.4 Å². The number of hydrogen-bond donors (Lipinski definition) is 1. The number of thioether (sulfide) groups is 1. The molecule has 0 radical (unpaired) electrons. The van der Waals surface area contributed by atoms with Crippen LogP contribution in [0.4, 0.5) is 11.4 Å². The van der Waals surface area contributed by atoms with Gasteiger partial charge in [0.15, 0.2) is 11.5 Å². The summed E-state index contributed by atoms with van der Waals surface area (Å²) in [6.45, 7) is 2.17. The Bertz CT molecular complexity index is 886. The van der Waals surface area contributed by atoms with E-state index in [1.807, 2.05) is 49.4 Å². The van der Waals surface area contributed by atoms with Crippen LogP contribution >= 0.6 is 11.8 Å². The topological polar surface area (TPSA) is 67.9 Å². The average molecular weight is 384 g/mol. The van der Waals surface area contributed by atoms with Crippen molar-refractivity contribution in [2.75, 3.05) is 22.8 Å². The first-order valence-electron chi connectivity index (χ1n) is 8.89. The van der Waals surface area contributed by atoms with Crippen molar-refractivity contribution in [3.05, 3.63) is 48.0 Å². The summed E-state index contributed by atoms with van der Waals surface area (Å²) in [5, 5.41) is 2.77. The highest BCUT2D eigenvalue weighted by atomic mass is 32.2. The van der Waals surface area contributed by atoms with Gasteiger partial charge in [0.2, 0.25) is 18.6 Å². The molecule has 7 heteroatoms. The first-order chi connectivity index (χ1) is 13.2. The van der Waals surface area contributed by atoms with Gasteiger partial charge in [-0.3, -0.25) is 14.5 Å². The number of hydrogen-bond acceptors (Lipinski definition) is 5. The summed E-state index contributed by atoms with van der Waals surface area (Å²) in [4.78, 5) is 26.2. The van der Waals surface area contributed by atoms with Crippen LogP contribution in [0.25, 0.3) is 0 Å². The van der Waals surface area contributed by atoms with Crippen LogP contribution in [-0.2, 0) is 9.59 Å². The maximum atomic E-state index is 12.6. The Kier molecular flexibility index (Phi) is 4.94. The van der Waals surface area contributed by atoms with Gasteiger partial charge in [-0.2, -0.15) is 0 Å². The second kappa shape index (κ2) is 7.52. The zero-order valence-corrected chi connectivity index (χ0v) is 15.8. The fraction of sp³-hybridized carbons (Fsp3) is 0.300. The molecule has 2 aromatic rings. The van der Waals surface area contributed by atoms with Crippen LogP contribution in [0, 0.1) is 0 Å². The van der Waals surface area contributed by atoms with Crippen LogP contribution in [0.1, 0.15) is 30.7 Å². The molecule has 0 saturated carbocycles. The van der Waals surface area contributed by atoms with Crippen molar-refractivity contribution in [1.82, 2.24) is 0 Å². The molecule has 0 spiro atoms. The zero-order valence-electron chi connectivity index (χ0n) is 14.9. The molecule has 140 valence electrons. The molecule has 6 nitrogen and oxygen atoms in total. The molecule has 1 saturated heterocycles. The number of carbonyl (C=O) groups is 2. The third-order valence-corrected chi connectivity index (χ3v) is 5.65. The van der Waals surface area contributed by atoms with Crippen LogP contribution in [0.15, 0.2) is 42.5 Å². The van der Waals surface area contributed by atoms with E-state index in [2.05, 4.69) is 5.32 Å². The smallest absolute Gasteiger partial charge is 0.238 e. The van der Waals surface area contributed by atoms with E-state index in [1.165, 1.54) is 0 Å². The lowest BCUT2D eigenvalue weighted by Gasteiger charge is -2.25. The molecule has 0 aromatic heterocycles. The highest BCUT2D eigenvalue weighted by Gasteiger charge is 2.35. The Labute approximate surface area is 161 Å². The minimum atomic E-state index is -0.152. The van der Waals surface area contributed by atoms with Gasteiger partial charge in [0.05, 0.1) is 5.75 Å². The third kappa shape index (κ3) is 3.60. The Morgan fingerprint density at radius 3 is 2.93 bits per heavy atom. The molecule has 2 aliphatic rings. The van der Waals surface area contributed by atoms with Crippen molar-refractivity contribution in [2.45, 2.75) is 25.1 Å². The van der Waals surface area contributed by atoms with Gasteiger partial charge in [-0.05, 0) is 36.2 Å². The molecule has 0 aliphatic carbocycles. The van der Waals surface area contributed by atoms with Gasteiger partial charge < -0.3 is 14.8 Å². The second-order valence-corrected chi connectivity index (χ2v) is 7.46. The fourth-order valence-electron chi connectivity index (χ4n) is 3.21. The van der Waals surface area contributed by atoms with Gasteiger partial charge in [-0.1, -0.05) is 19.1 Å². The van der Waals surface area contributed by atoms with Gasteiger partial charge in [0.1, 0.15) is 5.37 Å². The van der Waals surface area contributed by atoms with Gasteiger partial charge in [-0.25, -0.2) is 0 Å². The predicted molar refractivity (Wildman–Crippen MR) is 105 cm³/mol. The average Bonchev–Trinajstić information content (AvgIpc) is 3.27. The number of amides is 2. The van der Waals surface area contributed by atoms with Crippen molar-refractivity contribution < 1.29 is 19.1 Å². The van der Waals surface area contributed by atoms with Crippen LogP contribution in [0.5, 0.6) is 11.5 Å². The van der Waals surface area contributed by atoms with E-state index in [4.69, 9.17) is 9.47 Å². The molecule has 2 aliphatic heterocycles. The molecule has 0 unspecified atom stereocenters. The summed E-state index contributed by atoms with van der Waals surface area (Å²) in [7, 11) is 0. The summed E-state index contributed by atoms with van der Waals surface area (Å²) >= 11 is 1.57. The first kappa shape index (κ1) is 17.7. The van der Waals surface area contributed by atoms with E-state index < -0.39 is 0 Å². The van der Waals surface area contributed by atoms with Gasteiger partial charge in [0.25, 0.3) is 0 Å². The lowest BCUT2D eigenvalue weighted by molar-refractivity contribution is -0.116. The number of ether oxygens (including phenoxy) is 2. The maximum absolute atomic E-state index is 12.6. The van der Waals surface area contributed by atoms with Crippen molar-refractivity contribution in [2.24, 2.45) is 0 Å². The number of anilines is 2. The highest BCUT2D eigenvalue weighted by molar-refractivity contribution is 8.00. The molecule has 0 bridgehead atoms. The summed E-state index contributed by atoms with van der Waals surface area (Å²) in [5.74, 6) is 1.79. The second-order valence-electron chi connectivity index (χ2n) is 6.39. The minimum Gasteiger partial charge on any atom is -0.454 e. The molecular weight excluding hydrogens is 364 g/mol. The number of benzene rings is 2. The number of carbonyl (C=O) groups excluding carboxylic acids is 2. The Balaban J connectivity index is 1.61. The Morgan fingerprint density at radius 2 is 2.07 bits per heavy atom. The molecule has 2 heterocycles. The molecule has 1 N–H and O–H groups in total. The van der Waals surface area contributed by atoms with Crippen molar-refractivity contribution in [3.8, 4) is 11.5 Å². The minimum absolute atomic E-state index is 0.00238. The van der Waals surface area contributed by atoms with E-state index in [1.54, 1.807) is 16.7 Å². The van der Waals surface area contributed by atoms with Crippen molar-refractivity contribution in [1.29, 1.82) is 0 Å². The summed E-state index contributed by atoms with van der Waals surface area (Å²) in [6.07, 6.45) is 1.29. The number of fused-ring (bicyclic) bond motifs is 1. The van der Waals surface area contributed by atoms with Crippen LogP contribution in [0.3, 0.4) is 0 Å². The van der Waals surface area contributed by atoms with Crippen molar-refractivity contribution >= 4 is 35.0 Å². The lowest BCUT2D eigenvalue weighted by atomic mass is 10.1. The Hall–Kier alpha value is -2.67. The summed E-state index contributed by atoms with van der Waals surface area (Å²) in [5.41, 5.74) is 2.49. The normalized spacial score (nSPS) is 18.0. The molecule has 4 rings (SSSR count). The predicted octanol–water partition coefficient (Wildman–Crippen LogP) is 3.93. The van der Waals surface area contributed by atoms with E-state index in [0.717, 1.165) is 23.4 Å². The van der Waals surface area contributed by atoms with Crippen molar-refractivity contribution in [3.63, 3.8) is 0 Å². The Morgan fingerprint density at radius 1 is 1.22 bits per heavy atom. The van der Waals surface area contributed by atoms with E-state index >= 15 is 0 Å². The summed E-state index contributed by atoms with van der Waals surface area (Å²) in [6, 6.07) is 13.2. The zero-order chi connectivity index (χ0) is 18.8. The molecule has 27 heavy (non-hydrogen) atoms. The quantitative estimate of drug-likeness (QED) is 0.846. The van der Waals surface area contributed by atoms with Gasteiger partial charge in [-0.15, -0.1) is 11.8 Å². The molecule has 1 fully saturated rings. The van der Waals surface area contributed by atoms with Crippen LogP contribution in [0.2, 0.25) is 0 Å². The van der Waals surface area contributed by atoms with E-state index in [0.29, 0.717) is 23.7 Å². The standard InChI is InChI=1S/C20H20N2O4S/c1-2-4-18(23)21-14-6-3-5-13(9-14)20-22(19(24)11-27-20)15-7-8-16-17(10-15)26-12-25-16/h3,5-10,20H,2,4,11-12H2,1H3,(H,21,23)/t20-/m1/s1. The van der Waals surface area contributed by atoms with E-state index in [9.17, 15) is 9.59 Å². The molecular formula is C20H20N2O4S. The number of rotatable bonds is 5. The summed E-state index contributed by atoms with van der Waals surface area (Å²) < 4.78 is 10.8. The SMILES string of the molecule is CCCC(=O)Nc1cccc([C@H]2SCC(=O)N2c2ccc3c(c2)OCO3)c1. The molecule has 2 aromatic carbocycles. The molecule has 1 atom stereocenters. The number of nitrogens with zero attached hydrogens (tertiary/aromatic N) is 1.